The number of nitrogens with one attached hydrogen (secondary N) is 2. The van der Waals surface area contributed by atoms with Crippen LogP contribution in [-0.2, 0) is 6.54 Å². The van der Waals surface area contributed by atoms with Gasteiger partial charge in [0.05, 0.1) is 6.61 Å². The molecule has 6 heteroatoms. The van der Waals surface area contributed by atoms with Gasteiger partial charge in [-0.05, 0) is 25.3 Å². The molecule has 140 valence electrons. The summed E-state index contributed by atoms with van der Waals surface area (Å²) in [7, 11) is 0. The Morgan fingerprint density at radius 1 is 1.38 bits per heavy atom. The highest BCUT2D eigenvalue weighted by Crippen LogP contribution is 2.20. The third-order valence-corrected chi connectivity index (χ3v) is 4.72. The zero-order valence-electron chi connectivity index (χ0n) is 15.4. The molecule has 0 spiro atoms. The number of hydrogen-bond donors (Lipinski definition) is 2. The molecule has 0 unspecified atom stereocenters. The average molecular weight is 356 g/mol. The number of unbranched alkanes of at least 4 members (excludes halogenated alkanes) is 1. The minimum absolute atomic E-state index is 0.122. The van der Waals surface area contributed by atoms with E-state index in [1.165, 1.54) is 5.56 Å². The van der Waals surface area contributed by atoms with Gasteiger partial charge >= 0.3 is 0 Å². The minimum atomic E-state index is -0.122. The SMILES string of the molecule is CCCCOc1ccccc1CN[C@H]1CCCN(c2ncc[nH]c2=O)C1. The van der Waals surface area contributed by atoms with Gasteiger partial charge in [0, 0.05) is 43.6 Å². The quantitative estimate of drug-likeness (QED) is 0.712. The first-order valence-corrected chi connectivity index (χ1v) is 9.50. The molecule has 0 amide bonds. The second-order valence-electron chi connectivity index (χ2n) is 6.72. The van der Waals surface area contributed by atoms with E-state index in [-0.39, 0.29) is 5.56 Å². The first-order valence-electron chi connectivity index (χ1n) is 9.50. The van der Waals surface area contributed by atoms with Crippen molar-refractivity contribution in [2.24, 2.45) is 0 Å². The molecule has 0 saturated carbocycles. The molecule has 2 aromatic rings. The van der Waals surface area contributed by atoms with Crippen LogP contribution in [0.5, 0.6) is 5.75 Å². The van der Waals surface area contributed by atoms with Crippen molar-refractivity contribution in [2.75, 3.05) is 24.6 Å². The Morgan fingerprint density at radius 3 is 3.12 bits per heavy atom. The van der Waals surface area contributed by atoms with Gasteiger partial charge in [-0.1, -0.05) is 31.5 Å². The summed E-state index contributed by atoms with van der Waals surface area (Å²) in [5, 5.41) is 3.63. The van der Waals surface area contributed by atoms with Gasteiger partial charge in [0.1, 0.15) is 5.75 Å². The Bertz CT molecular complexity index is 746. The van der Waals surface area contributed by atoms with Crippen molar-refractivity contribution in [1.29, 1.82) is 0 Å². The van der Waals surface area contributed by atoms with Crippen LogP contribution < -0.4 is 20.5 Å². The van der Waals surface area contributed by atoms with E-state index in [4.69, 9.17) is 4.74 Å². The number of nitrogens with zero attached hydrogens (tertiary/aromatic N) is 2. The van der Waals surface area contributed by atoms with Crippen molar-refractivity contribution >= 4 is 5.82 Å². The molecule has 0 aliphatic carbocycles. The van der Waals surface area contributed by atoms with E-state index in [2.05, 4.69) is 33.2 Å². The van der Waals surface area contributed by atoms with Gasteiger partial charge in [-0.25, -0.2) is 4.98 Å². The maximum Gasteiger partial charge on any atom is 0.290 e. The normalized spacial score (nSPS) is 17.3. The lowest BCUT2D eigenvalue weighted by Gasteiger charge is -2.33. The third-order valence-electron chi connectivity index (χ3n) is 4.72. The van der Waals surface area contributed by atoms with Gasteiger partial charge in [0.15, 0.2) is 5.82 Å². The largest absolute Gasteiger partial charge is 0.493 e. The lowest BCUT2D eigenvalue weighted by molar-refractivity contribution is 0.304. The molecule has 1 aromatic heterocycles. The van der Waals surface area contributed by atoms with Crippen LogP contribution in [0, 0.1) is 0 Å². The average Bonchev–Trinajstić information content (AvgIpc) is 2.68. The number of ether oxygens (including phenoxy) is 1. The Balaban J connectivity index is 1.58. The Labute approximate surface area is 154 Å². The fraction of sp³-hybridized carbons (Fsp3) is 0.500. The van der Waals surface area contributed by atoms with Gasteiger partial charge < -0.3 is 19.9 Å². The van der Waals surface area contributed by atoms with Gasteiger partial charge in [-0.3, -0.25) is 4.79 Å². The number of hydrogen-bond acceptors (Lipinski definition) is 5. The number of H-pyrrole nitrogens is 1. The smallest absolute Gasteiger partial charge is 0.290 e. The van der Waals surface area contributed by atoms with Gasteiger partial charge in [0.2, 0.25) is 0 Å². The number of aromatic nitrogens is 2. The molecule has 0 bridgehead atoms. The fourth-order valence-corrected chi connectivity index (χ4v) is 3.28. The van der Waals surface area contributed by atoms with Gasteiger partial charge in [-0.2, -0.15) is 0 Å². The summed E-state index contributed by atoms with van der Waals surface area (Å²) in [4.78, 5) is 21.0. The highest BCUT2D eigenvalue weighted by atomic mass is 16.5. The van der Waals surface area contributed by atoms with Crippen molar-refractivity contribution in [3.8, 4) is 5.75 Å². The first-order chi connectivity index (χ1) is 12.8. The number of aromatic amines is 1. The molecule has 3 rings (SSSR count). The van der Waals surface area contributed by atoms with Crippen LogP contribution >= 0.6 is 0 Å². The van der Waals surface area contributed by atoms with E-state index in [1.807, 2.05) is 18.2 Å². The van der Waals surface area contributed by atoms with Gasteiger partial charge in [-0.15, -0.1) is 0 Å². The lowest BCUT2D eigenvalue weighted by atomic mass is 10.1. The van der Waals surface area contributed by atoms with Crippen LogP contribution in [-0.4, -0.2) is 35.7 Å². The highest BCUT2D eigenvalue weighted by Gasteiger charge is 2.22. The predicted octanol–water partition coefficient (Wildman–Crippen LogP) is 2.71. The third kappa shape index (κ3) is 4.85. The summed E-state index contributed by atoms with van der Waals surface area (Å²) in [6, 6.07) is 8.53. The van der Waals surface area contributed by atoms with Crippen molar-refractivity contribution in [3.05, 3.63) is 52.6 Å². The summed E-state index contributed by atoms with van der Waals surface area (Å²) in [5.74, 6) is 1.48. The lowest BCUT2D eigenvalue weighted by Crippen LogP contribution is -2.47. The molecule has 1 atom stereocenters. The van der Waals surface area contributed by atoms with E-state index in [0.717, 1.165) is 57.7 Å². The number of rotatable bonds is 8. The molecule has 1 aliphatic heterocycles. The second kappa shape index (κ2) is 9.38. The number of para-hydroxylation sites is 1. The van der Waals surface area contributed by atoms with Crippen molar-refractivity contribution in [3.63, 3.8) is 0 Å². The number of benzene rings is 1. The Kier molecular flexibility index (Phi) is 6.66. The Hall–Kier alpha value is -2.34. The number of anilines is 1. The standard InChI is InChI=1S/C20H28N4O2/c1-2-3-13-26-18-9-5-4-7-16(18)14-23-17-8-6-12-24(15-17)19-20(25)22-11-10-21-19/h4-5,7,9-11,17,23H,2-3,6,8,12-15H2,1H3,(H,22,25)/t17-/m0/s1. The van der Waals surface area contributed by atoms with Crippen LogP contribution in [0.2, 0.25) is 0 Å². The van der Waals surface area contributed by atoms with Crippen LogP contribution in [0.15, 0.2) is 41.5 Å². The second-order valence-corrected chi connectivity index (χ2v) is 6.72. The maximum atomic E-state index is 12.0. The molecular weight excluding hydrogens is 328 g/mol. The summed E-state index contributed by atoms with van der Waals surface area (Å²) in [6.07, 6.45) is 7.55. The summed E-state index contributed by atoms with van der Waals surface area (Å²) in [6.45, 7) is 5.35. The van der Waals surface area contributed by atoms with Gasteiger partial charge in [0.25, 0.3) is 5.56 Å². The van der Waals surface area contributed by atoms with E-state index >= 15 is 0 Å². The van der Waals surface area contributed by atoms with E-state index in [0.29, 0.717) is 11.9 Å². The van der Waals surface area contributed by atoms with E-state index in [9.17, 15) is 4.79 Å². The van der Waals surface area contributed by atoms with Crippen LogP contribution in [0.4, 0.5) is 5.82 Å². The minimum Gasteiger partial charge on any atom is -0.493 e. The molecular formula is C20H28N4O2. The molecule has 1 aliphatic rings. The zero-order valence-corrected chi connectivity index (χ0v) is 15.4. The molecule has 2 N–H and O–H groups in total. The summed E-state index contributed by atoms with van der Waals surface area (Å²) in [5.41, 5.74) is 1.05. The zero-order chi connectivity index (χ0) is 18.2. The molecule has 26 heavy (non-hydrogen) atoms. The Morgan fingerprint density at radius 2 is 2.27 bits per heavy atom. The molecule has 1 fully saturated rings. The number of piperidine rings is 1. The molecule has 1 aromatic carbocycles. The molecule has 1 saturated heterocycles. The summed E-state index contributed by atoms with van der Waals surface area (Å²) < 4.78 is 5.92. The maximum absolute atomic E-state index is 12.0. The van der Waals surface area contributed by atoms with Crippen molar-refractivity contribution in [2.45, 2.75) is 45.2 Å². The van der Waals surface area contributed by atoms with Crippen LogP contribution in [0.3, 0.4) is 0 Å². The highest BCUT2D eigenvalue weighted by molar-refractivity contribution is 5.36. The molecule has 2 heterocycles. The molecule has 0 radical (unpaired) electrons. The monoisotopic (exact) mass is 356 g/mol. The van der Waals surface area contributed by atoms with E-state index in [1.54, 1.807) is 12.4 Å². The summed E-state index contributed by atoms with van der Waals surface area (Å²) >= 11 is 0. The van der Waals surface area contributed by atoms with E-state index < -0.39 is 0 Å². The van der Waals surface area contributed by atoms with Crippen molar-refractivity contribution < 1.29 is 4.74 Å². The topological polar surface area (TPSA) is 70.2 Å². The fourth-order valence-electron chi connectivity index (χ4n) is 3.28. The van der Waals surface area contributed by atoms with Crippen LogP contribution in [0.25, 0.3) is 0 Å². The van der Waals surface area contributed by atoms with Crippen molar-refractivity contribution in [1.82, 2.24) is 15.3 Å². The first kappa shape index (κ1) is 18.5. The molecule has 6 nitrogen and oxygen atoms in total. The van der Waals surface area contributed by atoms with Crippen LogP contribution in [0.1, 0.15) is 38.2 Å². The predicted molar refractivity (Wildman–Crippen MR) is 104 cm³/mol.